The number of allylic oxidation sites excluding steroid dienone is 6. The Labute approximate surface area is 97.2 Å². The quantitative estimate of drug-likeness (QED) is 0.423. The van der Waals surface area contributed by atoms with Crippen LogP contribution in [0.2, 0.25) is 0 Å². The van der Waals surface area contributed by atoms with Gasteiger partial charge in [0.1, 0.15) is 0 Å². The van der Waals surface area contributed by atoms with Crippen LogP contribution >= 0.6 is 0 Å². The fourth-order valence-corrected chi connectivity index (χ4v) is 1.40. The van der Waals surface area contributed by atoms with Crippen LogP contribution in [0.3, 0.4) is 0 Å². The maximum Gasteiger partial charge on any atom is 1.00 e. The minimum Gasteiger partial charge on any atom is -0.184 e. The number of hydrogen-bond donors (Lipinski definition) is 0. The second-order valence-electron chi connectivity index (χ2n) is 3.01. The Bertz CT molecular complexity index is 331. The van der Waals surface area contributed by atoms with Crippen molar-refractivity contribution in [3.8, 4) is 0 Å². The van der Waals surface area contributed by atoms with Crippen LogP contribution in [-0.2, 0) is 0 Å². The molecule has 0 bridgehead atoms. The Morgan fingerprint density at radius 1 is 0.857 bits per heavy atom. The first-order chi connectivity index (χ1) is 6.47. The van der Waals surface area contributed by atoms with E-state index in [0.717, 1.165) is 0 Å². The van der Waals surface area contributed by atoms with E-state index in [1.54, 1.807) is 0 Å². The SMILES string of the molecule is [Li+].[c-]1ccc(C2C=CC=CC=C2)cc1. The van der Waals surface area contributed by atoms with Gasteiger partial charge < -0.3 is 0 Å². The summed E-state index contributed by atoms with van der Waals surface area (Å²) in [4.78, 5) is 0. The average molecular weight is 174 g/mol. The van der Waals surface area contributed by atoms with Crippen molar-refractivity contribution >= 4 is 0 Å². The van der Waals surface area contributed by atoms with E-state index in [-0.39, 0.29) is 18.9 Å². The zero-order valence-corrected chi connectivity index (χ0v) is 8.35. The number of hydrogen-bond acceptors (Lipinski definition) is 0. The number of rotatable bonds is 1. The van der Waals surface area contributed by atoms with Gasteiger partial charge in [0, 0.05) is 0 Å². The second-order valence-corrected chi connectivity index (χ2v) is 3.01. The molecular formula is C13H11Li. The van der Waals surface area contributed by atoms with Gasteiger partial charge in [-0.25, -0.2) is 0 Å². The molecule has 1 aliphatic carbocycles. The Balaban J connectivity index is 0.000000980. The van der Waals surface area contributed by atoms with E-state index in [1.807, 2.05) is 24.3 Å². The molecule has 0 aromatic heterocycles. The van der Waals surface area contributed by atoms with Gasteiger partial charge >= 0.3 is 18.9 Å². The first-order valence-electron chi connectivity index (χ1n) is 4.44. The maximum absolute atomic E-state index is 3.02. The summed E-state index contributed by atoms with van der Waals surface area (Å²) in [6.45, 7) is 0. The molecule has 14 heavy (non-hydrogen) atoms. The predicted octanol–water partition coefficient (Wildman–Crippen LogP) is 0.257. The zero-order chi connectivity index (χ0) is 8.93. The smallest absolute Gasteiger partial charge is 0.184 e. The molecule has 0 heterocycles. The van der Waals surface area contributed by atoms with Gasteiger partial charge in [0.2, 0.25) is 0 Å². The third-order valence-electron chi connectivity index (χ3n) is 2.10. The summed E-state index contributed by atoms with van der Waals surface area (Å²) in [5.41, 5.74) is 1.31. The van der Waals surface area contributed by atoms with E-state index >= 15 is 0 Å². The summed E-state index contributed by atoms with van der Waals surface area (Å²) >= 11 is 0. The fourth-order valence-electron chi connectivity index (χ4n) is 1.40. The molecule has 1 aromatic rings. The van der Waals surface area contributed by atoms with Gasteiger partial charge in [0.05, 0.1) is 0 Å². The summed E-state index contributed by atoms with van der Waals surface area (Å²) in [6, 6.07) is 11.1. The van der Waals surface area contributed by atoms with Gasteiger partial charge in [-0.1, -0.05) is 36.5 Å². The van der Waals surface area contributed by atoms with Gasteiger partial charge in [-0.2, -0.15) is 30.3 Å². The molecule has 1 heteroatoms. The topological polar surface area (TPSA) is 0 Å². The third kappa shape index (κ3) is 2.77. The molecule has 0 saturated heterocycles. The van der Waals surface area contributed by atoms with Gasteiger partial charge in [-0.05, 0) is 5.92 Å². The van der Waals surface area contributed by atoms with Crippen LogP contribution in [0.25, 0.3) is 0 Å². The van der Waals surface area contributed by atoms with Crippen molar-refractivity contribution < 1.29 is 18.9 Å². The van der Waals surface area contributed by atoms with Crippen LogP contribution < -0.4 is 18.9 Å². The van der Waals surface area contributed by atoms with E-state index in [0.29, 0.717) is 5.92 Å². The van der Waals surface area contributed by atoms with Gasteiger partial charge in [0.15, 0.2) is 0 Å². The molecular weight excluding hydrogens is 163 g/mol. The van der Waals surface area contributed by atoms with E-state index in [1.165, 1.54) is 5.56 Å². The molecule has 0 N–H and O–H groups in total. The molecule has 0 amide bonds. The first kappa shape index (κ1) is 11.1. The second kappa shape index (κ2) is 5.70. The van der Waals surface area contributed by atoms with E-state index < -0.39 is 0 Å². The molecule has 64 valence electrons. The van der Waals surface area contributed by atoms with Crippen LogP contribution in [0.1, 0.15) is 11.5 Å². The standard InChI is InChI=1S/C13H11.Li/c1-2-5-9-12(8-4-1)13-10-6-3-7-11-13;/h1-2,4-12H;/q-1;+1. The van der Waals surface area contributed by atoms with Crippen LogP contribution in [-0.4, -0.2) is 0 Å². The Hall–Kier alpha value is -0.963. The third-order valence-corrected chi connectivity index (χ3v) is 2.10. The van der Waals surface area contributed by atoms with Gasteiger partial charge in [-0.3, -0.25) is 0 Å². The summed E-state index contributed by atoms with van der Waals surface area (Å²) in [5, 5.41) is 0. The van der Waals surface area contributed by atoms with Crippen LogP contribution in [0.15, 0.2) is 60.7 Å². The first-order valence-corrected chi connectivity index (χ1v) is 4.44. The van der Waals surface area contributed by atoms with Crippen LogP contribution in [0.5, 0.6) is 0 Å². The molecule has 0 saturated carbocycles. The van der Waals surface area contributed by atoms with Crippen LogP contribution in [0.4, 0.5) is 0 Å². The maximum atomic E-state index is 3.02. The van der Waals surface area contributed by atoms with Crippen molar-refractivity contribution in [1.82, 2.24) is 0 Å². The van der Waals surface area contributed by atoms with Crippen molar-refractivity contribution in [2.75, 3.05) is 0 Å². The monoisotopic (exact) mass is 174 g/mol. The Morgan fingerprint density at radius 3 is 2.00 bits per heavy atom. The van der Waals surface area contributed by atoms with Gasteiger partial charge in [0.25, 0.3) is 0 Å². The minimum absolute atomic E-state index is 0. The van der Waals surface area contributed by atoms with Crippen molar-refractivity contribution in [1.29, 1.82) is 0 Å². The molecule has 0 aliphatic heterocycles. The predicted molar refractivity (Wildman–Crippen MR) is 55.4 cm³/mol. The molecule has 0 unspecified atom stereocenters. The molecule has 0 fully saturated rings. The summed E-state index contributed by atoms with van der Waals surface area (Å²) < 4.78 is 0. The van der Waals surface area contributed by atoms with E-state index in [2.05, 4.69) is 42.5 Å². The molecule has 0 radical (unpaired) electrons. The summed E-state index contributed by atoms with van der Waals surface area (Å²) in [5.74, 6) is 0.407. The molecule has 0 nitrogen and oxygen atoms in total. The van der Waals surface area contributed by atoms with Crippen molar-refractivity contribution in [2.24, 2.45) is 0 Å². The minimum atomic E-state index is 0. The normalized spacial score (nSPS) is 14.9. The van der Waals surface area contributed by atoms with Crippen molar-refractivity contribution in [3.05, 3.63) is 72.4 Å². The van der Waals surface area contributed by atoms with Crippen molar-refractivity contribution in [3.63, 3.8) is 0 Å². The molecule has 0 atom stereocenters. The zero-order valence-electron chi connectivity index (χ0n) is 8.35. The fraction of sp³-hybridized carbons (Fsp3) is 0.0769. The summed E-state index contributed by atoms with van der Waals surface area (Å²) in [7, 11) is 0. The summed E-state index contributed by atoms with van der Waals surface area (Å²) in [6.07, 6.45) is 12.6. The average Bonchev–Trinajstić information content (AvgIpc) is 2.47. The molecule has 2 rings (SSSR count). The van der Waals surface area contributed by atoms with Crippen molar-refractivity contribution in [2.45, 2.75) is 5.92 Å². The van der Waals surface area contributed by atoms with E-state index in [4.69, 9.17) is 0 Å². The Morgan fingerprint density at radius 2 is 1.43 bits per heavy atom. The number of benzene rings is 1. The van der Waals surface area contributed by atoms with Crippen LogP contribution in [0, 0.1) is 6.07 Å². The van der Waals surface area contributed by atoms with E-state index in [9.17, 15) is 0 Å². The largest absolute Gasteiger partial charge is 1.00 e. The molecule has 1 aliphatic rings. The Kier molecular flexibility index (Phi) is 4.53. The molecule has 1 aromatic carbocycles. The van der Waals surface area contributed by atoms with Gasteiger partial charge in [-0.15, -0.1) is 5.56 Å². The molecule has 0 spiro atoms.